The predicted octanol–water partition coefficient (Wildman–Crippen LogP) is 3.82. The van der Waals surface area contributed by atoms with Crippen LogP contribution in [0, 0.1) is 17.2 Å². The summed E-state index contributed by atoms with van der Waals surface area (Å²) >= 11 is 5.97. The molecule has 5 rings (SSSR count). The van der Waals surface area contributed by atoms with Gasteiger partial charge in [-0.1, -0.05) is 11.6 Å². The Labute approximate surface area is 185 Å². The molecule has 0 unspecified atom stereocenters. The van der Waals surface area contributed by atoms with Crippen molar-refractivity contribution < 1.29 is 13.5 Å². The molecule has 2 aliphatic rings. The number of pyridine rings is 1. The first-order valence-corrected chi connectivity index (χ1v) is 10.3. The monoisotopic (exact) mass is 458 g/mol. The summed E-state index contributed by atoms with van der Waals surface area (Å²) in [6, 6.07) is 5.87. The van der Waals surface area contributed by atoms with Gasteiger partial charge in [0.15, 0.2) is 11.8 Å². The number of anilines is 3. The number of rotatable bonds is 3. The summed E-state index contributed by atoms with van der Waals surface area (Å²) in [6.07, 6.45) is 2.70. The highest BCUT2D eigenvalue weighted by Gasteiger charge is 2.51. The molecule has 0 radical (unpaired) electrons. The summed E-state index contributed by atoms with van der Waals surface area (Å²) in [5, 5.41) is 15.4. The van der Waals surface area contributed by atoms with Gasteiger partial charge in [0.25, 0.3) is 5.56 Å². The number of halogens is 3. The summed E-state index contributed by atoms with van der Waals surface area (Å²) in [5.41, 5.74) is 0.994. The van der Waals surface area contributed by atoms with E-state index in [9.17, 15) is 13.6 Å². The first-order valence-electron chi connectivity index (χ1n) is 9.92. The number of hydrogen-bond donors (Lipinski definition) is 2. The topological polar surface area (TPSA) is 105 Å². The van der Waals surface area contributed by atoms with E-state index in [1.165, 1.54) is 10.8 Å². The Balaban J connectivity index is 1.61. The predicted molar refractivity (Wildman–Crippen MR) is 115 cm³/mol. The van der Waals surface area contributed by atoms with Gasteiger partial charge in [-0.2, -0.15) is 10.2 Å². The Bertz CT molecular complexity index is 1350. The van der Waals surface area contributed by atoms with Crippen LogP contribution in [0.4, 0.5) is 26.1 Å². The molecule has 3 heterocycles. The number of hydrogen-bond acceptors (Lipinski definition) is 7. The molecule has 32 heavy (non-hydrogen) atoms. The van der Waals surface area contributed by atoms with Crippen LogP contribution in [0.15, 0.2) is 29.2 Å². The molecule has 8 nitrogen and oxygen atoms in total. The van der Waals surface area contributed by atoms with E-state index in [1.807, 2.05) is 6.07 Å². The largest absolute Gasteiger partial charge is 0.480 e. The van der Waals surface area contributed by atoms with Gasteiger partial charge in [0.2, 0.25) is 11.7 Å². The molecule has 2 N–H and O–H groups in total. The highest BCUT2D eigenvalue weighted by atomic mass is 35.5. The second-order valence-corrected chi connectivity index (χ2v) is 8.30. The van der Waals surface area contributed by atoms with E-state index in [1.54, 1.807) is 25.2 Å². The lowest BCUT2D eigenvalue weighted by molar-refractivity contribution is -0.0579. The summed E-state index contributed by atoms with van der Waals surface area (Å²) in [6.45, 7) is -0.857. The Hall–Kier alpha value is -3.45. The molecule has 0 bridgehead atoms. The first kappa shape index (κ1) is 20.5. The molecule has 1 aromatic carbocycles. The van der Waals surface area contributed by atoms with Crippen molar-refractivity contribution in [3.63, 3.8) is 0 Å². The van der Waals surface area contributed by atoms with Crippen molar-refractivity contribution in [3.8, 4) is 11.8 Å². The smallest absolute Gasteiger partial charge is 0.301 e. The average Bonchev–Trinajstić information content (AvgIpc) is 3.59. The fourth-order valence-electron chi connectivity index (χ4n) is 3.91. The van der Waals surface area contributed by atoms with Crippen molar-refractivity contribution in [2.45, 2.75) is 24.8 Å². The first-order chi connectivity index (χ1) is 15.3. The summed E-state index contributed by atoms with van der Waals surface area (Å²) in [5.74, 6) is -3.25. The molecular weight excluding hydrogens is 442 g/mol. The highest BCUT2D eigenvalue weighted by molar-refractivity contribution is 6.30. The number of ether oxygens (including phenoxy) is 1. The van der Waals surface area contributed by atoms with E-state index in [0.29, 0.717) is 29.4 Å². The number of nitriles is 1. The van der Waals surface area contributed by atoms with Crippen molar-refractivity contribution in [3.05, 3.63) is 45.5 Å². The van der Waals surface area contributed by atoms with E-state index in [0.717, 1.165) is 0 Å². The maximum absolute atomic E-state index is 14.7. The lowest BCUT2D eigenvalue weighted by Crippen LogP contribution is -2.44. The highest BCUT2D eigenvalue weighted by Crippen LogP contribution is 2.45. The second-order valence-electron chi connectivity index (χ2n) is 7.94. The molecule has 0 amide bonds. The fraction of sp³-hybridized carbons (Fsp3) is 0.333. The minimum Gasteiger partial charge on any atom is -0.480 e. The van der Waals surface area contributed by atoms with Crippen molar-refractivity contribution in [2.24, 2.45) is 13.0 Å². The molecule has 1 atom stereocenters. The van der Waals surface area contributed by atoms with E-state index in [-0.39, 0.29) is 34.0 Å². The van der Waals surface area contributed by atoms with Crippen LogP contribution >= 0.6 is 11.6 Å². The normalized spacial score (nSPS) is 19.3. The number of alkyl halides is 2. The van der Waals surface area contributed by atoms with Gasteiger partial charge in [-0.25, -0.2) is 13.8 Å². The summed E-state index contributed by atoms with van der Waals surface area (Å²) in [4.78, 5) is 20.9. The molecule has 1 aliphatic carbocycles. The second kappa shape index (κ2) is 7.31. The Kier molecular flexibility index (Phi) is 4.67. The van der Waals surface area contributed by atoms with Crippen molar-refractivity contribution in [1.82, 2.24) is 14.5 Å². The van der Waals surface area contributed by atoms with E-state index >= 15 is 0 Å². The van der Waals surface area contributed by atoms with Gasteiger partial charge in [-0.3, -0.25) is 4.79 Å². The molecule has 1 saturated carbocycles. The van der Waals surface area contributed by atoms with Gasteiger partial charge in [0.05, 0.1) is 23.4 Å². The zero-order valence-electron chi connectivity index (χ0n) is 16.8. The van der Waals surface area contributed by atoms with Gasteiger partial charge in [0, 0.05) is 18.1 Å². The SMILES string of the molecule is Cn1c(=O)c2c(c3cc(Nc4ncc(C#N)c(Cl)n4)ccc31)N[C@@H](C1CC1)C(F)(F)CO2. The van der Waals surface area contributed by atoms with Crippen LogP contribution in [0.3, 0.4) is 0 Å². The Morgan fingerprint density at radius 1 is 1.41 bits per heavy atom. The molecule has 1 fully saturated rings. The van der Waals surface area contributed by atoms with Crippen molar-refractivity contribution >= 4 is 39.8 Å². The summed E-state index contributed by atoms with van der Waals surface area (Å²) in [7, 11) is 1.56. The number of nitrogens with zero attached hydrogens (tertiary/aromatic N) is 4. The quantitative estimate of drug-likeness (QED) is 0.575. The van der Waals surface area contributed by atoms with E-state index in [2.05, 4.69) is 20.6 Å². The molecular formula is C21H17ClF2N6O2. The Morgan fingerprint density at radius 3 is 2.88 bits per heavy atom. The minimum atomic E-state index is -3.11. The van der Waals surface area contributed by atoms with Crippen LogP contribution in [0.25, 0.3) is 10.9 Å². The maximum Gasteiger partial charge on any atom is 0.301 e. The van der Waals surface area contributed by atoms with Gasteiger partial charge >= 0.3 is 5.92 Å². The van der Waals surface area contributed by atoms with Crippen LogP contribution in [-0.4, -0.2) is 33.1 Å². The Morgan fingerprint density at radius 2 is 2.19 bits per heavy atom. The van der Waals surface area contributed by atoms with Gasteiger partial charge in [-0.05, 0) is 37.0 Å². The zero-order valence-corrected chi connectivity index (χ0v) is 17.6. The number of aromatic nitrogens is 3. The third kappa shape index (κ3) is 3.39. The zero-order chi connectivity index (χ0) is 22.6. The third-order valence-electron chi connectivity index (χ3n) is 5.73. The summed E-state index contributed by atoms with van der Waals surface area (Å²) < 4.78 is 36.2. The van der Waals surface area contributed by atoms with E-state index in [4.69, 9.17) is 21.6 Å². The lowest BCUT2D eigenvalue weighted by Gasteiger charge is -2.25. The van der Waals surface area contributed by atoms with Gasteiger partial charge in [0.1, 0.15) is 11.6 Å². The van der Waals surface area contributed by atoms with Crippen LogP contribution in [0.2, 0.25) is 5.15 Å². The molecule has 2 aromatic heterocycles. The number of nitrogens with one attached hydrogen (secondary N) is 2. The maximum atomic E-state index is 14.7. The third-order valence-corrected chi connectivity index (χ3v) is 6.02. The molecule has 3 aromatic rings. The number of fused-ring (bicyclic) bond motifs is 3. The average molecular weight is 459 g/mol. The molecule has 0 spiro atoms. The molecule has 1 aliphatic heterocycles. The molecule has 164 valence electrons. The fourth-order valence-corrected chi connectivity index (χ4v) is 4.08. The van der Waals surface area contributed by atoms with Crippen LogP contribution in [0.1, 0.15) is 18.4 Å². The number of aryl methyl sites for hydroxylation is 1. The molecule has 11 heteroatoms. The van der Waals surface area contributed by atoms with E-state index < -0.39 is 24.1 Å². The standard InChI is InChI=1S/C21H17ClF2N6O2/c1-30-14-5-4-12(27-20-26-8-11(7-25)18(22)29-20)6-13(14)15-16(19(30)31)32-9-21(23,24)17(28-15)10-2-3-10/h4-6,8,10,17,28H,2-3,9H2,1H3,(H,26,27,29)/t17-/m0/s1. The van der Waals surface area contributed by atoms with Crippen LogP contribution in [0.5, 0.6) is 5.75 Å². The lowest BCUT2D eigenvalue weighted by atomic mass is 10.0. The number of benzene rings is 1. The minimum absolute atomic E-state index is 0.00614. The molecule has 0 saturated heterocycles. The van der Waals surface area contributed by atoms with Crippen molar-refractivity contribution in [1.29, 1.82) is 5.26 Å². The van der Waals surface area contributed by atoms with Crippen molar-refractivity contribution in [2.75, 3.05) is 17.2 Å². The van der Waals surface area contributed by atoms with Crippen LogP contribution in [-0.2, 0) is 7.05 Å². The van der Waals surface area contributed by atoms with Crippen LogP contribution < -0.4 is 20.9 Å². The van der Waals surface area contributed by atoms with Gasteiger partial charge in [-0.15, -0.1) is 0 Å². The van der Waals surface area contributed by atoms with Gasteiger partial charge < -0.3 is 19.9 Å².